The number of anilines is 3. The van der Waals surface area contributed by atoms with Crippen LogP contribution in [0, 0.1) is 0 Å². The van der Waals surface area contributed by atoms with Crippen LogP contribution in [-0.2, 0) is 0 Å². The molecule has 3 heteroatoms. The van der Waals surface area contributed by atoms with Crippen molar-refractivity contribution >= 4 is 49.7 Å². The van der Waals surface area contributed by atoms with Gasteiger partial charge >= 0.3 is 0 Å². The fraction of sp³-hybridized carbons (Fsp3) is 0. The molecule has 0 fully saturated rings. The van der Waals surface area contributed by atoms with E-state index in [9.17, 15) is 0 Å². The summed E-state index contributed by atoms with van der Waals surface area (Å²) >= 11 is 0. The first-order valence-corrected chi connectivity index (χ1v) is 16.2. The van der Waals surface area contributed by atoms with Crippen molar-refractivity contribution in [3.05, 3.63) is 182 Å². The van der Waals surface area contributed by atoms with Gasteiger partial charge in [0.05, 0.1) is 0 Å². The van der Waals surface area contributed by atoms with Gasteiger partial charge < -0.3 is 9.32 Å². The van der Waals surface area contributed by atoms with Crippen LogP contribution in [0.15, 0.2) is 186 Å². The van der Waals surface area contributed by atoms with Crippen LogP contribution in [0.5, 0.6) is 0 Å². The van der Waals surface area contributed by atoms with E-state index < -0.39 is 0 Å². The average Bonchev–Trinajstić information content (AvgIpc) is 3.63. The van der Waals surface area contributed by atoms with Crippen molar-refractivity contribution in [3.8, 4) is 33.7 Å². The number of rotatable bonds is 6. The largest absolute Gasteiger partial charge is 0.435 e. The van der Waals surface area contributed by atoms with E-state index in [0.29, 0.717) is 5.89 Å². The van der Waals surface area contributed by atoms with Gasteiger partial charge in [0.25, 0.3) is 0 Å². The molecule has 0 radical (unpaired) electrons. The lowest BCUT2D eigenvalue weighted by atomic mass is 9.96. The van der Waals surface area contributed by atoms with Gasteiger partial charge in [0, 0.05) is 33.4 Å². The molecule has 48 heavy (non-hydrogen) atoms. The van der Waals surface area contributed by atoms with Gasteiger partial charge in [-0.25, -0.2) is 4.98 Å². The average molecular weight is 615 g/mol. The zero-order chi connectivity index (χ0) is 31.9. The highest BCUT2D eigenvalue weighted by Gasteiger charge is 2.17. The predicted molar refractivity (Wildman–Crippen MR) is 200 cm³/mol. The summed E-state index contributed by atoms with van der Waals surface area (Å²) in [5.74, 6) is 0.635. The first kappa shape index (κ1) is 27.8. The van der Waals surface area contributed by atoms with E-state index in [2.05, 4.69) is 157 Å². The molecule has 0 unspecified atom stereocenters. The van der Waals surface area contributed by atoms with E-state index in [0.717, 1.165) is 61.0 Å². The van der Waals surface area contributed by atoms with Crippen LogP contribution in [-0.4, -0.2) is 4.98 Å². The maximum atomic E-state index is 6.46. The van der Waals surface area contributed by atoms with Crippen molar-refractivity contribution in [1.29, 1.82) is 0 Å². The third kappa shape index (κ3) is 4.90. The highest BCUT2D eigenvalue weighted by molar-refractivity contribution is 6.23. The van der Waals surface area contributed by atoms with Gasteiger partial charge in [-0.15, -0.1) is 0 Å². The van der Waals surface area contributed by atoms with E-state index >= 15 is 0 Å². The van der Waals surface area contributed by atoms with Gasteiger partial charge in [-0.1, -0.05) is 127 Å². The van der Waals surface area contributed by atoms with Gasteiger partial charge in [0.1, 0.15) is 5.52 Å². The third-order valence-corrected chi connectivity index (χ3v) is 9.09. The molecule has 0 bridgehead atoms. The van der Waals surface area contributed by atoms with Crippen LogP contribution in [0.3, 0.4) is 0 Å². The smallest absolute Gasteiger partial charge is 0.227 e. The zero-order valence-electron chi connectivity index (χ0n) is 26.1. The molecule has 0 aliphatic carbocycles. The monoisotopic (exact) mass is 614 g/mol. The van der Waals surface area contributed by atoms with Gasteiger partial charge in [-0.3, -0.25) is 0 Å². The first-order chi connectivity index (χ1) is 23.8. The Balaban J connectivity index is 1.13. The minimum Gasteiger partial charge on any atom is -0.435 e. The second-order valence-corrected chi connectivity index (χ2v) is 12.0. The van der Waals surface area contributed by atoms with Crippen LogP contribution in [0.1, 0.15) is 0 Å². The van der Waals surface area contributed by atoms with Crippen LogP contribution in [0.25, 0.3) is 66.4 Å². The molecule has 9 aromatic rings. The number of aromatic nitrogens is 1. The number of oxazole rings is 1. The molecule has 0 N–H and O–H groups in total. The zero-order valence-corrected chi connectivity index (χ0v) is 26.1. The Bertz CT molecular complexity index is 2520. The second-order valence-electron chi connectivity index (χ2n) is 12.0. The van der Waals surface area contributed by atoms with E-state index in [4.69, 9.17) is 9.40 Å². The summed E-state index contributed by atoms with van der Waals surface area (Å²) in [4.78, 5) is 7.35. The predicted octanol–water partition coefficient (Wildman–Crippen LogP) is 12.6. The summed E-state index contributed by atoms with van der Waals surface area (Å²) in [6.45, 7) is 0. The Morgan fingerprint density at radius 1 is 0.354 bits per heavy atom. The summed E-state index contributed by atoms with van der Waals surface area (Å²) in [6.07, 6.45) is 0. The number of hydrogen-bond acceptors (Lipinski definition) is 3. The number of para-hydroxylation sites is 1. The van der Waals surface area contributed by atoms with E-state index in [1.54, 1.807) is 0 Å². The molecule has 0 saturated heterocycles. The summed E-state index contributed by atoms with van der Waals surface area (Å²) in [5.41, 5.74) is 10.7. The van der Waals surface area contributed by atoms with Gasteiger partial charge in [-0.05, 0) is 87.6 Å². The van der Waals surface area contributed by atoms with E-state index in [-0.39, 0.29) is 0 Å². The first-order valence-electron chi connectivity index (χ1n) is 16.2. The molecule has 1 heterocycles. The Hall–Kier alpha value is -6.45. The number of benzene rings is 8. The molecule has 9 rings (SSSR count). The third-order valence-electron chi connectivity index (χ3n) is 9.09. The summed E-state index contributed by atoms with van der Waals surface area (Å²) < 4.78 is 6.46. The van der Waals surface area contributed by atoms with Crippen molar-refractivity contribution in [2.75, 3.05) is 4.90 Å². The molecule has 0 amide bonds. The molecular formula is C45H30N2O. The van der Waals surface area contributed by atoms with Crippen molar-refractivity contribution < 1.29 is 4.42 Å². The SMILES string of the molecule is c1ccc(-c2ccc(N(c3ccccc3)c3ccc(-c4ccc5c6ccccc6c6oc(-c7ccccc7)nc6c5c4)cc3)cc2)cc1. The molecule has 226 valence electrons. The standard InChI is InChI=1S/C45H30N2O/c1-4-12-31(13-5-1)32-20-25-37(26-21-32)47(36-16-8-3-9-17-36)38-27-22-33(23-28-38)35-24-29-40-39-18-10-11-19-41(39)44-43(42(40)30-35)46-45(48-44)34-14-6-2-7-15-34/h1-30H. The van der Waals surface area contributed by atoms with Crippen LogP contribution in [0.4, 0.5) is 17.1 Å². The Morgan fingerprint density at radius 2 is 0.812 bits per heavy atom. The normalized spacial score (nSPS) is 11.3. The minimum atomic E-state index is 0.635. The molecule has 0 aliphatic rings. The highest BCUT2D eigenvalue weighted by atomic mass is 16.3. The Kier molecular flexibility index (Phi) is 6.80. The molecule has 1 aromatic heterocycles. The molecule has 8 aromatic carbocycles. The molecule has 0 saturated carbocycles. The van der Waals surface area contributed by atoms with Gasteiger partial charge in [0.15, 0.2) is 5.58 Å². The van der Waals surface area contributed by atoms with Crippen molar-refractivity contribution in [1.82, 2.24) is 4.98 Å². The van der Waals surface area contributed by atoms with Gasteiger partial charge in [-0.2, -0.15) is 0 Å². The fourth-order valence-electron chi connectivity index (χ4n) is 6.72. The van der Waals surface area contributed by atoms with Crippen LogP contribution in [0.2, 0.25) is 0 Å². The molecular weight excluding hydrogens is 585 g/mol. The number of fused-ring (bicyclic) bond motifs is 6. The summed E-state index contributed by atoms with van der Waals surface area (Å²) in [5, 5.41) is 4.49. The molecule has 0 aliphatic heterocycles. The Labute approximate surface area is 279 Å². The molecule has 0 spiro atoms. The maximum Gasteiger partial charge on any atom is 0.227 e. The lowest BCUT2D eigenvalue weighted by molar-refractivity contribution is 0.623. The molecule has 3 nitrogen and oxygen atoms in total. The highest BCUT2D eigenvalue weighted by Crippen LogP contribution is 2.40. The van der Waals surface area contributed by atoms with E-state index in [1.807, 2.05) is 30.3 Å². The summed E-state index contributed by atoms with van der Waals surface area (Å²) in [6, 6.07) is 63.9. The molecule has 0 atom stereocenters. The van der Waals surface area contributed by atoms with Crippen LogP contribution >= 0.6 is 0 Å². The van der Waals surface area contributed by atoms with Crippen molar-refractivity contribution in [2.24, 2.45) is 0 Å². The number of hydrogen-bond donors (Lipinski definition) is 0. The summed E-state index contributed by atoms with van der Waals surface area (Å²) in [7, 11) is 0. The number of nitrogens with zero attached hydrogens (tertiary/aromatic N) is 2. The quantitative estimate of drug-likeness (QED) is 0.175. The lowest BCUT2D eigenvalue weighted by Crippen LogP contribution is -2.09. The second kappa shape index (κ2) is 11.7. The van der Waals surface area contributed by atoms with Crippen molar-refractivity contribution in [3.63, 3.8) is 0 Å². The maximum absolute atomic E-state index is 6.46. The van der Waals surface area contributed by atoms with E-state index in [1.165, 1.54) is 16.5 Å². The Morgan fingerprint density at radius 3 is 1.46 bits per heavy atom. The lowest BCUT2D eigenvalue weighted by Gasteiger charge is -2.26. The fourth-order valence-corrected chi connectivity index (χ4v) is 6.72. The van der Waals surface area contributed by atoms with Crippen LogP contribution < -0.4 is 4.90 Å². The topological polar surface area (TPSA) is 29.3 Å². The van der Waals surface area contributed by atoms with Gasteiger partial charge in [0.2, 0.25) is 5.89 Å². The van der Waals surface area contributed by atoms with Crippen molar-refractivity contribution in [2.45, 2.75) is 0 Å². The minimum absolute atomic E-state index is 0.635.